The first-order valence-corrected chi connectivity index (χ1v) is 4.98. The number of unbranched alkanes of at least 4 members (excludes halogenated alkanes) is 1. The quantitative estimate of drug-likeness (QED) is 0.407. The van der Waals surface area contributed by atoms with E-state index in [1.54, 1.807) is 0 Å². The Morgan fingerprint density at radius 3 is 2.67 bits per heavy atom. The maximum Gasteiger partial charge on any atom is -0.0265 e. The van der Waals surface area contributed by atoms with Crippen LogP contribution in [-0.2, 0) is 0 Å². The molecule has 0 aliphatic heterocycles. The third-order valence-electron chi connectivity index (χ3n) is 2.32. The molecule has 70 valence electrons. The molecule has 0 aliphatic rings. The van der Waals surface area contributed by atoms with Crippen LogP contribution < -0.4 is 0 Å². The van der Waals surface area contributed by atoms with Gasteiger partial charge in [0.15, 0.2) is 0 Å². The molecule has 0 saturated carbocycles. The SMILES string of the molecule is C=CC(C)CCCC=C(C)CC. The number of hydrogen-bond acceptors (Lipinski definition) is 0. The molecule has 0 fully saturated rings. The van der Waals surface area contributed by atoms with Crippen molar-refractivity contribution in [3.8, 4) is 0 Å². The van der Waals surface area contributed by atoms with Crippen LogP contribution in [-0.4, -0.2) is 0 Å². The Hall–Kier alpha value is -0.520. The first-order valence-electron chi connectivity index (χ1n) is 4.98. The molecule has 0 N–H and O–H groups in total. The predicted octanol–water partition coefficient (Wildman–Crippen LogP) is 4.34. The normalized spacial score (nSPS) is 14.4. The predicted molar refractivity (Wildman–Crippen MR) is 57.3 cm³/mol. The molecule has 0 aromatic heterocycles. The summed E-state index contributed by atoms with van der Waals surface area (Å²) < 4.78 is 0. The van der Waals surface area contributed by atoms with Crippen LogP contribution in [0, 0.1) is 5.92 Å². The molecule has 0 rings (SSSR count). The molecule has 0 spiro atoms. The molecule has 0 bridgehead atoms. The van der Waals surface area contributed by atoms with Crippen molar-refractivity contribution in [3.63, 3.8) is 0 Å². The van der Waals surface area contributed by atoms with Crippen molar-refractivity contribution < 1.29 is 0 Å². The molecule has 12 heavy (non-hydrogen) atoms. The lowest BCUT2D eigenvalue weighted by Crippen LogP contribution is -1.87. The Morgan fingerprint density at radius 1 is 1.50 bits per heavy atom. The lowest BCUT2D eigenvalue weighted by Gasteiger charge is -2.03. The minimum Gasteiger partial charge on any atom is -0.103 e. The summed E-state index contributed by atoms with van der Waals surface area (Å²) in [4.78, 5) is 0. The second-order valence-corrected chi connectivity index (χ2v) is 3.55. The third-order valence-corrected chi connectivity index (χ3v) is 2.32. The smallest absolute Gasteiger partial charge is 0.0265 e. The topological polar surface area (TPSA) is 0 Å². The fourth-order valence-corrected chi connectivity index (χ4v) is 1.05. The molecular formula is C12H22. The van der Waals surface area contributed by atoms with Crippen molar-refractivity contribution in [2.45, 2.75) is 46.5 Å². The Bertz CT molecular complexity index is 142. The molecule has 0 heteroatoms. The van der Waals surface area contributed by atoms with Crippen molar-refractivity contribution in [3.05, 3.63) is 24.3 Å². The molecule has 0 aliphatic carbocycles. The van der Waals surface area contributed by atoms with Gasteiger partial charge in [0.25, 0.3) is 0 Å². The van der Waals surface area contributed by atoms with Gasteiger partial charge in [0, 0.05) is 0 Å². The van der Waals surface area contributed by atoms with Gasteiger partial charge in [-0.05, 0) is 38.5 Å². The van der Waals surface area contributed by atoms with Crippen LogP contribution in [0.5, 0.6) is 0 Å². The first kappa shape index (κ1) is 11.5. The highest BCUT2D eigenvalue weighted by Gasteiger charge is 1.93. The van der Waals surface area contributed by atoms with Crippen molar-refractivity contribution in [2.75, 3.05) is 0 Å². The second-order valence-electron chi connectivity index (χ2n) is 3.55. The van der Waals surface area contributed by atoms with Crippen LogP contribution in [0.2, 0.25) is 0 Å². The fourth-order valence-electron chi connectivity index (χ4n) is 1.05. The number of rotatable bonds is 6. The van der Waals surface area contributed by atoms with E-state index in [1.807, 2.05) is 6.08 Å². The van der Waals surface area contributed by atoms with E-state index in [-0.39, 0.29) is 0 Å². The lowest BCUT2D eigenvalue weighted by molar-refractivity contribution is 0.612. The molecule has 0 heterocycles. The zero-order chi connectivity index (χ0) is 9.40. The van der Waals surface area contributed by atoms with Crippen LogP contribution in [0.3, 0.4) is 0 Å². The van der Waals surface area contributed by atoms with Gasteiger partial charge in [0.1, 0.15) is 0 Å². The average Bonchev–Trinajstić information content (AvgIpc) is 2.11. The average molecular weight is 166 g/mol. The van der Waals surface area contributed by atoms with Crippen molar-refractivity contribution in [2.24, 2.45) is 5.92 Å². The molecule has 1 unspecified atom stereocenters. The molecule has 0 aromatic carbocycles. The summed E-state index contributed by atoms with van der Waals surface area (Å²) in [5, 5.41) is 0. The summed E-state index contributed by atoms with van der Waals surface area (Å²) in [6.07, 6.45) is 9.39. The van der Waals surface area contributed by atoms with Crippen LogP contribution in [0.4, 0.5) is 0 Å². The van der Waals surface area contributed by atoms with Crippen molar-refractivity contribution >= 4 is 0 Å². The van der Waals surface area contributed by atoms with Crippen molar-refractivity contribution in [1.29, 1.82) is 0 Å². The van der Waals surface area contributed by atoms with Gasteiger partial charge >= 0.3 is 0 Å². The van der Waals surface area contributed by atoms with E-state index in [0.717, 1.165) is 0 Å². The maximum atomic E-state index is 3.78. The Kier molecular flexibility index (Phi) is 6.84. The van der Waals surface area contributed by atoms with E-state index < -0.39 is 0 Å². The Balaban J connectivity index is 3.38. The summed E-state index contributed by atoms with van der Waals surface area (Å²) in [5.41, 5.74) is 1.52. The van der Waals surface area contributed by atoms with Gasteiger partial charge in [0.2, 0.25) is 0 Å². The van der Waals surface area contributed by atoms with Gasteiger partial charge < -0.3 is 0 Å². The van der Waals surface area contributed by atoms with E-state index in [2.05, 4.69) is 33.4 Å². The summed E-state index contributed by atoms with van der Waals surface area (Å²) in [6, 6.07) is 0. The molecule has 0 radical (unpaired) electrons. The highest BCUT2D eigenvalue weighted by Crippen LogP contribution is 2.10. The van der Waals surface area contributed by atoms with E-state index in [4.69, 9.17) is 0 Å². The highest BCUT2D eigenvalue weighted by atomic mass is 14.0. The van der Waals surface area contributed by atoms with E-state index in [0.29, 0.717) is 5.92 Å². The van der Waals surface area contributed by atoms with Gasteiger partial charge in [0.05, 0.1) is 0 Å². The molecule has 0 amide bonds. The molecule has 0 saturated heterocycles. The molecule has 1 atom stereocenters. The minimum atomic E-state index is 0.681. The monoisotopic (exact) mass is 166 g/mol. The first-order chi connectivity index (χ1) is 5.70. The molecular weight excluding hydrogens is 144 g/mol. The zero-order valence-corrected chi connectivity index (χ0v) is 8.77. The van der Waals surface area contributed by atoms with E-state index in [9.17, 15) is 0 Å². The van der Waals surface area contributed by atoms with Gasteiger partial charge in [-0.3, -0.25) is 0 Å². The third kappa shape index (κ3) is 6.21. The summed E-state index contributed by atoms with van der Waals surface area (Å²) in [5.74, 6) is 0.681. The zero-order valence-electron chi connectivity index (χ0n) is 8.77. The van der Waals surface area contributed by atoms with Crippen molar-refractivity contribution in [1.82, 2.24) is 0 Å². The molecule has 0 aromatic rings. The number of allylic oxidation sites excluding steroid dienone is 3. The van der Waals surface area contributed by atoms with Gasteiger partial charge in [-0.2, -0.15) is 0 Å². The lowest BCUT2D eigenvalue weighted by atomic mass is 10.0. The van der Waals surface area contributed by atoms with Gasteiger partial charge in [-0.1, -0.05) is 31.6 Å². The van der Waals surface area contributed by atoms with Gasteiger partial charge in [-0.15, -0.1) is 6.58 Å². The fraction of sp³-hybridized carbons (Fsp3) is 0.667. The summed E-state index contributed by atoms with van der Waals surface area (Å²) >= 11 is 0. The van der Waals surface area contributed by atoms with Crippen LogP contribution in [0.25, 0.3) is 0 Å². The number of hydrogen-bond donors (Lipinski definition) is 0. The highest BCUT2D eigenvalue weighted by molar-refractivity contribution is 4.96. The largest absolute Gasteiger partial charge is 0.103 e. The van der Waals surface area contributed by atoms with E-state index >= 15 is 0 Å². The summed E-state index contributed by atoms with van der Waals surface area (Å²) in [6.45, 7) is 10.4. The Morgan fingerprint density at radius 2 is 2.17 bits per heavy atom. The minimum absolute atomic E-state index is 0.681. The van der Waals surface area contributed by atoms with Crippen LogP contribution in [0.1, 0.15) is 46.5 Å². The van der Waals surface area contributed by atoms with Gasteiger partial charge in [-0.25, -0.2) is 0 Å². The Labute approximate surface area is 77.4 Å². The van der Waals surface area contributed by atoms with Crippen LogP contribution >= 0.6 is 0 Å². The van der Waals surface area contributed by atoms with E-state index in [1.165, 1.54) is 31.3 Å². The summed E-state index contributed by atoms with van der Waals surface area (Å²) in [7, 11) is 0. The molecule has 0 nitrogen and oxygen atoms in total. The standard InChI is InChI=1S/C12H22/c1-5-11(3)9-7-8-10-12(4)6-2/h5,10-11H,1,6-9H2,2-4H3. The second kappa shape index (κ2) is 7.15. The maximum absolute atomic E-state index is 3.78. The van der Waals surface area contributed by atoms with Crippen LogP contribution in [0.15, 0.2) is 24.3 Å².